The van der Waals surface area contributed by atoms with E-state index >= 15 is 0 Å². The van der Waals surface area contributed by atoms with E-state index in [0.717, 1.165) is 42.8 Å². The number of hydrogen-bond acceptors (Lipinski definition) is 3. The maximum Gasteiger partial charge on any atom is 0.272 e. The second-order valence-corrected chi connectivity index (χ2v) is 9.45. The molecule has 6 nitrogen and oxygen atoms in total. The number of carbonyl (C=O) groups excluding carboxylic acids is 1. The van der Waals surface area contributed by atoms with Crippen molar-refractivity contribution in [1.29, 1.82) is 0 Å². The molecule has 0 bridgehead atoms. The number of hydrogen-bond donors (Lipinski definition) is 0. The molecular formula is C25H28F3N5O. The average molecular weight is 472 g/mol. The van der Waals surface area contributed by atoms with E-state index in [4.69, 9.17) is 0 Å². The van der Waals surface area contributed by atoms with Gasteiger partial charge in [-0.1, -0.05) is 6.92 Å². The van der Waals surface area contributed by atoms with Crippen molar-refractivity contribution in [2.75, 3.05) is 0 Å². The number of rotatable bonds is 3. The number of aromatic nitrogens is 4. The second kappa shape index (κ2) is 8.29. The molecule has 2 aromatic heterocycles. The van der Waals surface area contributed by atoms with Crippen LogP contribution < -0.4 is 0 Å². The highest BCUT2D eigenvalue weighted by Crippen LogP contribution is 2.41. The van der Waals surface area contributed by atoms with Gasteiger partial charge in [0.05, 0.1) is 23.6 Å². The van der Waals surface area contributed by atoms with Gasteiger partial charge in [0.15, 0.2) is 17.5 Å². The quantitative estimate of drug-likeness (QED) is 0.498. The molecule has 0 N–H and O–H groups in total. The van der Waals surface area contributed by atoms with Crippen LogP contribution in [0.5, 0.6) is 0 Å². The molecule has 0 fully saturated rings. The third-order valence-corrected chi connectivity index (χ3v) is 7.24. The van der Waals surface area contributed by atoms with E-state index in [1.54, 1.807) is 17.9 Å². The van der Waals surface area contributed by atoms with Crippen LogP contribution in [0.25, 0.3) is 11.3 Å². The lowest BCUT2D eigenvalue weighted by Gasteiger charge is -2.40. The number of nitrogens with zero attached hydrogens (tertiary/aromatic N) is 5. The SMILES string of the molecule is CCC1c2nn(C)c(-c3cc(F)c(F)c(F)c3)c2CC(C)N1C(=O)c1cnc2n1C(C)CCC2. The second-order valence-electron chi connectivity index (χ2n) is 9.45. The van der Waals surface area contributed by atoms with Crippen LogP contribution in [0.2, 0.25) is 0 Å². The Morgan fingerprint density at radius 2 is 1.85 bits per heavy atom. The summed E-state index contributed by atoms with van der Waals surface area (Å²) in [5.74, 6) is -3.10. The molecule has 2 aliphatic rings. The van der Waals surface area contributed by atoms with E-state index in [1.807, 2.05) is 18.7 Å². The molecule has 180 valence electrons. The maximum absolute atomic E-state index is 14.0. The predicted molar refractivity (Wildman–Crippen MR) is 121 cm³/mol. The van der Waals surface area contributed by atoms with Crippen LogP contribution >= 0.6 is 0 Å². The summed E-state index contributed by atoms with van der Waals surface area (Å²) in [5, 5.41) is 4.67. The summed E-state index contributed by atoms with van der Waals surface area (Å²) >= 11 is 0. The van der Waals surface area contributed by atoms with Gasteiger partial charge in [0.2, 0.25) is 0 Å². The highest BCUT2D eigenvalue weighted by Gasteiger charge is 2.40. The van der Waals surface area contributed by atoms with Crippen molar-refractivity contribution >= 4 is 5.91 Å². The predicted octanol–water partition coefficient (Wildman–Crippen LogP) is 5.14. The molecule has 1 aromatic carbocycles. The topological polar surface area (TPSA) is 56.0 Å². The van der Waals surface area contributed by atoms with Crippen molar-refractivity contribution in [1.82, 2.24) is 24.2 Å². The van der Waals surface area contributed by atoms with Gasteiger partial charge < -0.3 is 9.47 Å². The molecule has 9 heteroatoms. The van der Waals surface area contributed by atoms with Crippen molar-refractivity contribution in [2.45, 2.75) is 71.0 Å². The van der Waals surface area contributed by atoms with Crippen LogP contribution in [0.15, 0.2) is 18.3 Å². The minimum Gasteiger partial charge on any atom is -0.326 e. The Labute approximate surface area is 196 Å². The normalized spacial score (nSPS) is 22.0. The molecule has 1 amide bonds. The molecular weight excluding hydrogens is 443 g/mol. The Morgan fingerprint density at radius 3 is 2.53 bits per heavy atom. The molecule has 5 rings (SSSR count). The molecule has 4 heterocycles. The minimum atomic E-state index is -1.49. The molecule has 34 heavy (non-hydrogen) atoms. The third-order valence-electron chi connectivity index (χ3n) is 7.24. The first kappa shape index (κ1) is 22.7. The summed E-state index contributed by atoms with van der Waals surface area (Å²) in [6, 6.07) is 1.74. The molecule has 0 spiro atoms. The number of carbonyl (C=O) groups is 1. The molecule has 0 aliphatic carbocycles. The maximum atomic E-state index is 14.0. The summed E-state index contributed by atoms with van der Waals surface area (Å²) in [5.41, 5.74) is 2.91. The summed E-state index contributed by atoms with van der Waals surface area (Å²) in [6.07, 6.45) is 5.72. The first-order valence-corrected chi connectivity index (χ1v) is 11.8. The molecule has 0 radical (unpaired) electrons. The Kier molecular flexibility index (Phi) is 5.53. The van der Waals surface area contributed by atoms with Gasteiger partial charge in [-0.2, -0.15) is 5.10 Å². The Bertz CT molecular complexity index is 1260. The zero-order valence-electron chi connectivity index (χ0n) is 19.8. The summed E-state index contributed by atoms with van der Waals surface area (Å²) in [7, 11) is 1.70. The Balaban J connectivity index is 1.58. The lowest BCUT2D eigenvalue weighted by atomic mass is 9.89. The number of halogens is 3. The highest BCUT2D eigenvalue weighted by molar-refractivity contribution is 5.93. The van der Waals surface area contributed by atoms with E-state index in [-0.39, 0.29) is 29.6 Å². The van der Waals surface area contributed by atoms with Crippen molar-refractivity contribution in [3.8, 4) is 11.3 Å². The van der Waals surface area contributed by atoms with Crippen molar-refractivity contribution < 1.29 is 18.0 Å². The van der Waals surface area contributed by atoms with E-state index in [0.29, 0.717) is 29.9 Å². The van der Waals surface area contributed by atoms with Crippen molar-refractivity contribution in [2.24, 2.45) is 7.05 Å². The molecule has 3 unspecified atom stereocenters. The van der Waals surface area contributed by atoms with E-state index in [9.17, 15) is 18.0 Å². The third kappa shape index (κ3) is 3.35. The lowest BCUT2D eigenvalue weighted by molar-refractivity contribution is 0.0529. The largest absolute Gasteiger partial charge is 0.326 e. The number of amides is 1. The number of fused-ring (bicyclic) bond motifs is 2. The smallest absolute Gasteiger partial charge is 0.272 e. The monoisotopic (exact) mass is 471 g/mol. The lowest BCUT2D eigenvalue weighted by Crippen LogP contribution is -2.46. The van der Waals surface area contributed by atoms with Crippen LogP contribution in [0.4, 0.5) is 13.2 Å². The van der Waals surface area contributed by atoms with Gasteiger partial charge in [0, 0.05) is 36.7 Å². The zero-order chi connectivity index (χ0) is 24.3. The van der Waals surface area contributed by atoms with Crippen LogP contribution in [-0.2, 0) is 19.9 Å². The molecule has 3 aromatic rings. The van der Waals surface area contributed by atoms with Gasteiger partial charge in [-0.15, -0.1) is 0 Å². The van der Waals surface area contributed by atoms with Gasteiger partial charge in [0.1, 0.15) is 11.5 Å². The fourth-order valence-electron chi connectivity index (χ4n) is 5.73. The van der Waals surface area contributed by atoms with Gasteiger partial charge in [-0.05, 0) is 51.7 Å². The zero-order valence-corrected chi connectivity index (χ0v) is 19.8. The van der Waals surface area contributed by atoms with Crippen LogP contribution in [0.1, 0.15) is 79.7 Å². The van der Waals surface area contributed by atoms with Gasteiger partial charge in [0.25, 0.3) is 5.91 Å². The summed E-state index contributed by atoms with van der Waals surface area (Å²) in [4.78, 5) is 20.2. The fourth-order valence-corrected chi connectivity index (χ4v) is 5.73. The van der Waals surface area contributed by atoms with Crippen LogP contribution in [0, 0.1) is 17.5 Å². The minimum absolute atomic E-state index is 0.0800. The van der Waals surface area contributed by atoms with Gasteiger partial charge >= 0.3 is 0 Å². The molecule has 2 aliphatic heterocycles. The first-order valence-electron chi connectivity index (χ1n) is 11.8. The number of imidazole rings is 1. The molecule has 0 saturated carbocycles. The number of benzene rings is 1. The summed E-state index contributed by atoms with van der Waals surface area (Å²) in [6.45, 7) is 6.08. The van der Waals surface area contributed by atoms with Crippen molar-refractivity contribution in [3.05, 3.63) is 58.6 Å². The average Bonchev–Trinajstić information content (AvgIpc) is 3.37. The Hall–Kier alpha value is -3.10. The molecule has 3 atom stereocenters. The highest BCUT2D eigenvalue weighted by atomic mass is 19.2. The molecule has 0 saturated heterocycles. The van der Waals surface area contributed by atoms with Crippen molar-refractivity contribution in [3.63, 3.8) is 0 Å². The van der Waals surface area contributed by atoms with E-state index in [1.165, 1.54) is 0 Å². The first-order chi connectivity index (χ1) is 16.2. The fraction of sp³-hybridized carbons (Fsp3) is 0.480. The Morgan fingerprint density at radius 1 is 1.15 bits per heavy atom. The van der Waals surface area contributed by atoms with E-state index < -0.39 is 17.5 Å². The standard InChI is InChI=1S/C25H28F3N5O/c1-5-19-23-16(24(31(4)30-23)15-10-17(26)22(28)18(27)11-15)9-14(3)33(19)25(34)20-12-29-21-8-6-7-13(2)32(20)21/h10-14,19H,5-9H2,1-4H3. The van der Waals surface area contributed by atoms with Crippen LogP contribution in [0.3, 0.4) is 0 Å². The van der Waals surface area contributed by atoms with Gasteiger partial charge in [-0.25, -0.2) is 18.2 Å². The van der Waals surface area contributed by atoms with E-state index in [2.05, 4.69) is 21.6 Å². The number of aryl methyl sites for hydroxylation is 2. The van der Waals surface area contributed by atoms with Gasteiger partial charge in [-0.3, -0.25) is 9.48 Å². The summed E-state index contributed by atoms with van der Waals surface area (Å²) < 4.78 is 45.2. The van der Waals surface area contributed by atoms with Crippen LogP contribution in [-0.4, -0.2) is 36.2 Å².